The number of ether oxygens (including phenoxy) is 1. The SMILES string of the molecule is CCN(CC)S(=O)(=O)c1ccc(NC(=O)N2CCCC(C(=O)Nc3ccc(OC)cc3)C2)s1. The Kier molecular flexibility index (Phi) is 8.33. The van der Waals surface area contributed by atoms with Crippen LogP contribution in [0.25, 0.3) is 0 Å². The average Bonchev–Trinajstić information content (AvgIpc) is 3.29. The van der Waals surface area contributed by atoms with Gasteiger partial charge in [-0.05, 0) is 49.2 Å². The Morgan fingerprint density at radius 2 is 1.82 bits per heavy atom. The largest absolute Gasteiger partial charge is 0.497 e. The fourth-order valence-corrected chi connectivity index (χ4v) is 6.50. The van der Waals surface area contributed by atoms with E-state index in [0.29, 0.717) is 55.5 Å². The van der Waals surface area contributed by atoms with Crippen LogP contribution in [0.15, 0.2) is 40.6 Å². The molecule has 0 aliphatic carbocycles. The molecule has 0 radical (unpaired) electrons. The van der Waals surface area contributed by atoms with E-state index in [-0.39, 0.29) is 22.1 Å². The molecule has 11 heteroatoms. The number of anilines is 2. The minimum atomic E-state index is -3.57. The van der Waals surface area contributed by atoms with E-state index in [9.17, 15) is 18.0 Å². The number of urea groups is 1. The Morgan fingerprint density at radius 1 is 1.12 bits per heavy atom. The number of rotatable bonds is 8. The van der Waals surface area contributed by atoms with Crippen molar-refractivity contribution in [2.45, 2.75) is 30.9 Å². The molecule has 1 fully saturated rings. The molecule has 9 nitrogen and oxygen atoms in total. The summed E-state index contributed by atoms with van der Waals surface area (Å²) >= 11 is 1.03. The molecule has 3 rings (SSSR count). The number of hydrogen-bond acceptors (Lipinski definition) is 6. The van der Waals surface area contributed by atoms with Crippen molar-refractivity contribution >= 4 is 44.0 Å². The topological polar surface area (TPSA) is 108 Å². The quantitative estimate of drug-likeness (QED) is 0.582. The van der Waals surface area contributed by atoms with Gasteiger partial charge in [0.05, 0.1) is 18.0 Å². The highest BCUT2D eigenvalue weighted by Crippen LogP contribution is 2.29. The molecule has 33 heavy (non-hydrogen) atoms. The number of sulfonamides is 1. The summed E-state index contributed by atoms with van der Waals surface area (Å²) in [5.41, 5.74) is 0.669. The summed E-state index contributed by atoms with van der Waals surface area (Å²) in [5.74, 6) is 0.241. The van der Waals surface area contributed by atoms with Crippen LogP contribution in [0.1, 0.15) is 26.7 Å². The smallest absolute Gasteiger partial charge is 0.322 e. The molecule has 1 aliphatic rings. The zero-order valence-electron chi connectivity index (χ0n) is 19.0. The minimum Gasteiger partial charge on any atom is -0.497 e. The molecule has 1 aromatic carbocycles. The third kappa shape index (κ3) is 6.04. The number of thiophene rings is 1. The van der Waals surface area contributed by atoms with E-state index in [4.69, 9.17) is 4.74 Å². The van der Waals surface area contributed by atoms with Crippen molar-refractivity contribution in [3.05, 3.63) is 36.4 Å². The molecule has 2 aromatic rings. The van der Waals surface area contributed by atoms with Gasteiger partial charge in [0.25, 0.3) is 10.0 Å². The predicted molar refractivity (Wildman–Crippen MR) is 129 cm³/mol. The van der Waals surface area contributed by atoms with Gasteiger partial charge in [0.1, 0.15) is 9.96 Å². The van der Waals surface area contributed by atoms with Crippen molar-refractivity contribution < 1.29 is 22.7 Å². The van der Waals surface area contributed by atoms with Crippen LogP contribution in [0.2, 0.25) is 0 Å². The van der Waals surface area contributed by atoms with Gasteiger partial charge in [-0.15, -0.1) is 11.3 Å². The highest BCUT2D eigenvalue weighted by Gasteiger charge is 2.29. The second-order valence-corrected chi connectivity index (χ2v) is 10.9. The molecule has 0 bridgehead atoms. The lowest BCUT2D eigenvalue weighted by Crippen LogP contribution is -2.45. The summed E-state index contributed by atoms with van der Waals surface area (Å²) in [6.07, 6.45) is 1.40. The summed E-state index contributed by atoms with van der Waals surface area (Å²) in [6, 6.07) is 9.84. The number of nitrogens with one attached hydrogen (secondary N) is 2. The van der Waals surface area contributed by atoms with Crippen LogP contribution in [0.5, 0.6) is 5.75 Å². The molecule has 1 atom stereocenters. The van der Waals surface area contributed by atoms with Crippen molar-refractivity contribution in [1.82, 2.24) is 9.21 Å². The number of likely N-dealkylation sites (tertiary alicyclic amines) is 1. The number of carbonyl (C=O) groups is 2. The third-order valence-electron chi connectivity index (χ3n) is 5.55. The first-order valence-corrected chi connectivity index (χ1v) is 13.1. The van der Waals surface area contributed by atoms with Crippen LogP contribution < -0.4 is 15.4 Å². The maximum Gasteiger partial charge on any atom is 0.322 e. The zero-order valence-corrected chi connectivity index (χ0v) is 20.7. The van der Waals surface area contributed by atoms with Gasteiger partial charge in [0, 0.05) is 31.9 Å². The summed E-state index contributed by atoms with van der Waals surface area (Å²) in [4.78, 5) is 27.1. The van der Waals surface area contributed by atoms with Crippen molar-refractivity contribution in [2.24, 2.45) is 5.92 Å². The second kappa shape index (κ2) is 11.0. The molecule has 1 aromatic heterocycles. The molecule has 1 unspecified atom stereocenters. The van der Waals surface area contributed by atoms with Crippen LogP contribution in [-0.2, 0) is 14.8 Å². The zero-order chi connectivity index (χ0) is 24.0. The van der Waals surface area contributed by atoms with Crippen LogP contribution in [0, 0.1) is 5.92 Å². The highest BCUT2D eigenvalue weighted by atomic mass is 32.2. The van der Waals surface area contributed by atoms with E-state index < -0.39 is 10.0 Å². The first kappa shape index (κ1) is 25.0. The average molecular weight is 495 g/mol. The summed E-state index contributed by atoms with van der Waals surface area (Å²) in [7, 11) is -1.99. The fourth-order valence-electron chi connectivity index (χ4n) is 3.70. The molecule has 3 amide bonds. The summed E-state index contributed by atoms with van der Waals surface area (Å²) in [5, 5.41) is 6.12. The molecular weight excluding hydrogens is 464 g/mol. The number of methoxy groups -OCH3 is 1. The lowest BCUT2D eigenvalue weighted by Gasteiger charge is -2.31. The molecule has 1 aliphatic heterocycles. The Labute approximate surface area is 198 Å². The van der Waals surface area contributed by atoms with E-state index in [1.54, 1.807) is 56.2 Å². The molecule has 2 N–H and O–H groups in total. The molecule has 2 heterocycles. The van der Waals surface area contributed by atoms with E-state index in [1.807, 2.05) is 0 Å². The number of amides is 3. The van der Waals surface area contributed by atoms with Crippen LogP contribution in [0.3, 0.4) is 0 Å². The predicted octanol–water partition coefficient (Wildman–Crippen LogP) is 3.67. The molecule has 0 saturated carbocycles. The Bertz CT molecular complexity index is 1060. The van der Waals surface area contributed by atoms with Crippen LogP contribution in [0.4, 0.5) is 15.5 Å². The Hall–Kier alpha value is -2.63. The van der Waals surface area contributed by atoms with Gasteiger partial charge < -0.3 is 15.0 Å². The van der Waals surface area contributed by atoms with E-state index in [1.165, 1.54) is 10.4 Å². The molecule has 0 spiro atoms. The Balaban J connectivity index is 1.59. The fraction of sp³-hybridized carbons (Fsp3) is 0.455. The van der Waals surface area contributed by atoms with Gasteiger partial charge in [0.2, 0.25) is 5.91 Å². The van der Waals surface area contributed by atoms with Gasteiger partial charge >= 0.3 is 6.03 Å². The second-order valence-electron chi connectivity index (χ2n) is 7.64. The number of nitrogens with zero attached hydrogens (tertiary/aromatic N) is 2. The normalized spacial score (nSPS) is 16.5. The summed E-state index contributed by atoms with van der Waals surface area (Å²) < 4.78 is 32.0. The monoisotopic (exact) mass is 494 g/mol. The first-order valence-electron chi connectivity index (χ1n) is 10.9. The van der Waals surface area contributed by atoms with Crippen LogP contribution in [-0.4, -0.2) is 62.9 Å². The molecule has 180 valence electrons. The maximum absolute atomic E-state index is 12.8. The van der Waals surface area contributed by atoms with Gasteiger partial charge in [-0.2, -0.15) is 4.31 Å². The third-order valence-corrected chi connectivity index (χ3v) is 9.07. The van der Waals surface area contributed by atoms with Gasteiger partial charge in [-0.25, -0.2) is 13.2 Å². The van der Waals surface area contributed by atoms with Gasteiger partial charge in [-0.1, -0.05) is 13.8 Å². The number of piperidine rings is 1. The standard InChI is InChI=1S/C22H30N4O5S2/c1-4-26(5-2)33(29,30)20-13-12-19(32-20)24-22(28)25-14-6-7-16(15-25)21(27)23-17-8-10-18(31-3)11-9-17/h8-13,16H,4-7,14-15H2,1-3H3,(H,23,27)(H,24,28). The molecular formula is C22H30N4O5S2. The molecule has 1 saturated heterocycles. The number of benzene rings is 1. The van der Waals surface area contributed by atoms with Crippen molar-refractivity contribution in [3.8, 4) is 5.75 Å². The van der Waals surface area contributed by atoms with E-state index in [0.717, 1.165) is 11.3 Å². The number of carbonyl (C=O) groups excluding carboxylic acids is 2. The minimum absolute atomic E-state index is 0.138. The van der Waals surface area contributed by atoms with Gasteiger partial charge in [-0.3, -0.25) is 10.1 Å². The van der Waals surface area contributed by atoms with Crippen molar-refractivity contribution in [1.29, 1.82) is 0 Å². The lowest BCUT2D eigenvalue weighted by molar-refractivity contribution is -0.121. The number of hydrogen-bond donors (Lipinski definition) is 2. The van der Waals surface area contributed by atoms with Crippen molar-refractivity contribution in [3.63, 3.8) is 0 Å². The highest BCUT2D eigenvalue weighted by molar-refractivity contribution is 7.91. The van der Waals surface area contributed by atoms with Crippen LogP contribution >= 0.6 is 11.3 Å². The lowest BCUT2D eigenvalue weighted by atomic mass is 9.97. The first-order chi connectivity index (χ1) is 15.8. The van der Waals surface area contributed by atoms with Crippen molar-refractivity contribution in [2.75, 3.05) is 43.9 Å². The maximum atomic E-state index is 12.8. The van der Waals surface area contributed by atoms with E-state index >= 15 is 0 Å². The Morgan fingerprint density at radius 3 is 2.45 bits per heavy atom. The van der Waals surface area contributed by atoms with Gasteiger partial charge in [0.15, 0.2) is 0 Å². The van der Waals surface area contributed by atoms with E-state index in [2.05, 4.69) is 10.6 Å². The summed E-state index contributed by atoms with van der Waals surface area (Å²) in [6.45, 7) is 5.17.